The van der Waals surface area contributed by atoms with Gasteiger partial charge in [-0.3, -0.25) is 4.79 Å². The van der Waals surface area contributed by atoms with Gasteiger partial charge in [0.05, 0.1) is 5.56 Å². The lowest BCUT2D eigenvalue weighted by Crippen LogP contribution is -2.24. The Kier molecular flexibility index (Phi) is 3.50. The Bertz CT molecular complexity index is 699. The van der Waals surface area contributed by atoms with Gasteiger partial charge in [0.2, 0.25) is 0 Å². The molecular formula is C15H13N3OS. The lowest BCUT2D eigenvalue weighted by Gasteiger charge is -2.17. The molecule has 2 N–H and O–H groups in total. The highest BCUT2D eigenvalue weighted by Crippen LogP contribution is 2.23. The molecule has 5 heteroatoms. The molecule has 4 nitrogen and oxygen atoms in total. The van der Waals surface area contributed by atoms with Crippen LogP contribution >= 0.6 is 11.3 Å². The van der Waals surface area contributed by atoms with Crippen LogP contribution in [0.5, 0.6) is 0 Å². The Morgan fingerprint density at radius 1 is 1.35 bits per heavy atom. The van der Waals surface area contributed by atoms with Crippen molar-refractivity contribution >= 4 is 22.2 Å². The summed E-state index contributed by atoms with van der Waals surface area (Å²) in [7, 11) is 0. The van der Waals surface area contributed by atoms with Crippen molar-refractivity contribution in [3.8, 4) is 6.07 Å². The van der Waals surface area contributed by atoms with E-state index in [4.69, 9.17) is 5.26 Å². The molecule has 1 aromatic carbocycles. The van der Waals surface area contributed by atoms with E-state index < -0.39 is 0 Å². The summed E-state index contributed by atoms with van der Waals surface area (Å²) in [5.74, 6) is -0.169. The number of rotatable bonds is 2. The van der Waals surface area contributed by atoms with Crippen LogP contribution in [-0.4, -0.2) is 12.5 Å². The summed E-state index contributed by atoms with van der Waals surface area (Å²) in [6.07, 6.45) is 1.00. The van der Waals surface area contributed by atoms with Gasteiger partial charge in [-0.1, -0.05) is 6.07 Å². The zero-order valence-corrected chi connectivity index (χ0v) is 11.6. The number of nitrogens with one attached hydrogen (secondary N) is 2. The zero-order valence-electron chi connectivity index (χ0n) is 10.8. The van der Waals surface area contributed by atoms with Crippen LogP contribution in [0.2, 0.25) is 0 Å². The number of benzene rings is 1. The maximum absolute atomic E-state index is 12.2. The van der Waals surface area contributed by atoms with Crippen LogP contribution in [0.25, 0.3) is 0 Å². The topological polar surface area (TPSA) is 64.9 Å². The molecule has 0 radical (unpaired) electrons. The fourth-order valence-electron chi connectivity index (χ4n) is 2.29. The molecule has 1 aliphatic rings. The summed E-state index contributed by atoms with van der Waals surface area (Å²) in [5.41, 5.74) is 3.61. The van der Waals surface area contributed by atoms with Gasteiger partial charge < -0.3 is 10.6 Å². The first-order valence-electron chi connectivity index (χ1n) is 6.39. The molecule has 1 aliphatic heterocycles. The summed E-state index contributed by atoms with van der Waals surface area (Å²) in [6.45, 7) is 1.79. The number of thiophene rings is 1. The molecule has 0 aliphatic carbocycles. The molecule has 0 unspecified atom stereocenters. The second-order valence-electron chi connectivity index (χ2n) is 4.64. The molecule has 20 heavy (non-hydrogen) atoms. The van der Waals surface area contributed by atoms with Crippen LogP contribution in [0.3, 0.4) is 0 Å². The van der Waals surface area contributed by atoms with E-state index in [1.807, 2.05) is 18.2 Å². The largest absolute Gasteiger partial charge is 0.312 e. The summed E-state index contributed by atoms with van der Waals surface area (Å²) in [4.78, 5) is 12.2. The third-order valence-corrected chi connectivity index (χ3v) is 4.20. The first-order chi connectivity index (χ1) is 9.78. The first-order valence-corrected chi connectivity index (χ1v) is 7.27. The molecule has 0 spiro atoms. The molecule has 0 fully saturated rings. The van der Waals surface area contributed by atoms with Crippen LogP contribution in [0.15, 0.2) is 29.6 Å². The van der Waals surface area contributed by atoms with Crippen LogP contribution in [0, 0.1) is 11.3 Å². The van der Waals surface area contributed by atoms with Crippen molar-refractivity contribution in [3.63, 3.8) is 0 Å². The predicted molar refractivity (Wildman–Crippen MR) is 78.8 cm³/mol. The normalized spacial score (nSPS) is 13.3. The summed E-state index contributed by atoms with van der Waals surface area (Å²) >= 11 is 1.36. The number of carbonyl (C=O) groups excluding carboxylic acids is 1. The van der Waals surface area contributed by atoms with Gasteiger partial charge in [-0.2, -0.15) is 5.26 Å². The molecule has 0 atom stereocenters. The molecule has 0 bridgehead atoms. The molecule has 0 saturated heterocycles. The summed E-state index contributed by atoms with van der Waals surface area (Å²) in [5, 5.41) is 17.4. The molecule has 2 aromatic rings. The van der Waals surface area contributed by atoms with E-state index in [1.165, 1.54) is 22.5 Å². The number of hydrogen-bond donors (Lipinski definition) is 2. The summed E-state index contributed by atoms with van der Waals surface area (Å²) < 4.78 is 0. The van der Waals surface area contributed by atoms with Crippen molar-refractivity contribution in [2.24, 2.45) is 0 Å². The predicted octanol–water partition coefficient (Wildman–Crippen LogP) is 2.52. The van der Waals surface area contributed by atoms with E-state index >= 15 is 0 Å². The number of nitriles is 1. The Labute approximate surface area is 121 Å². The molecule has 1 amide bonds. The average Bonchev–Trinajstić information content (AvgIpc) is 2.94. The highest BCUT2D eigenvalue weighted by molar-refractivity contribution is 7.14. The third-order valence-electron chi connectivity index (χ3n) is 3.37. The minimum Gasteiger partial charge on any atom is -0.312 e. The van der Waals surface area contributed by atoms with Crippen LogP contribution in [-0.2, 0) is 13.0 Å². The number of hydrogen-bond acceptors (Lipinski definition) is 4. The maximum Gasteiger partial charge on any atom is 0.256 e. The van der Waals surface area contributed by atoms with Gasteiger partial charge in [-0.05, 0) is 47.7 Å². The van der Waals surface area contributed by atoms with Crippen LogP contribution < -0.4 is 10.6 Å². The van der Waals surface area contributed by atoms with Gasteiger partial charge >= 0.3 is 0 Å². The van der Waals surface area contributed by atoms with E-state index in [0.717, 1.165) is 19.5 Å². The minimum absolute atomic E-state index is 0.169. The molecule has 1 aromatic heterocycles. The Morgan fingerprint density at radius 3 is 3.10 bits per heavy atom. The molecular weight excluding hydrogens is 270 g/mol. The first kappa shape index (κ1) is 12.9. The zero-order chi connectivity index (χ0) is 13.9. The van der Waals surface area contributed by atoms with Crippen molar-refractivity contribution < 1.29 is 4.79 Å². The Hall–Kier alpha value is -2.16. The van der Waals surface area contributed by atoms with Crippen molar-refractivity contribution in [1.82, 2.24) is 5.32 Å². The summed E-state index contributed by atoms with van der Waals surface area (Å²) in [6, 6.07) is 9.57. The molecule has 3 rings (SSSR count). The van der Waals surface area contributed by atoms with E-state index in [0.29, 0.717) is 16.1 Å². The minimum atomic E-state index is -0.169. The molecule has 100 valence electrons. The Balaban J connectivity index is 1.82. The fourth-order valence-corrected chi connectivity index (χ4v) is 3.02. The Morgan fingerprint density at radius 2 is 2.25 bits per heavy atom. The third kappa shape index (κ3) is 2.44. The quantitative estimate of drug-likeness (QED) is 0.890. The van der Waals surface area contributed by atoms with Crippen molar-refractivity contribution in [2.45, 2.75) is 13.0 Å². The maximum atomic E-state index is 12.2. The molecule has 2 heterocycles. The van der Waals surface area contributed by atoms with Crippen LogP contribution in [0.4, 0.5) is 5.00 Å². The SMILES string of the molecule is N#Cc1ccsc1NC(=O)c1ccc2c(c1)CNCC2. The van der Waals surface area contributed by atoms with Gasteiger partial charge in [0.15, 0.2) is 0 Å². The number of fused-ring (bicyclic) bond motifs is 1. The number of anilines is 1. The average molecular weight is 283 g/mol. The van der Waals surface area contributed by atoms with Crippen molar-refractivity contribution in [3.05, 3.63) is 51.9 Å². The van der Waals surface area contributed by atoms with Crippen molar-refractivity contribution in [2.75, 3.05) is 11.9 Å². The van der Waals surface area contributed by atoms with E-state index in [-0.39, 0.29) is 5.91 Å². The van der Waals surface area contributed by atoms with Crippen molar-refractivity contribution in [1.29, 1.82) is 5.26 Å². The van der Waals surface area contributed by atoms with E-state index in [9.17, 15) is 4.79 Å². The van der Waals surface area contributed by atoms with Gasteiger partial charge in [0, 0.05) is 12.1 Å². The highest BCUT2D eigenvalue weighted by Gasteiger charge is 2.14. The van der Waals surface area contributed by atoms with Crippen LogP contribution in [0.1, 0.15) is 27.0 Å². The number of nitrogens with zero attached hydrogens (tertiary/aromatic N) is 1. The lowest BCUT2D eigenvalue weighted by atomic mass is 9.98. The van der Waals surface area contributed by atoms with E-state index in [2.05, 4.69) is 16.7 Å². The lowest BCUT2D eigenvalue weighted by molar-refractivity contribution is 0.102. The van der Waals surface area contributed by atoms with Gasteiger partial charge in [0.1, 0.15) is 11.1 Å². The standard InChI is InChI=1S/C15H13N3OS/c16-8-12-4-6-20-15(12)18-14(19)11-2-1-10-3-5-17-9-13(10)7-11/h1-2,4,6-7,17H,3,5,9H2,(H,18,19). The second kappa shape index (κ2) is 5.45. The van der Waals surface area contributed by atoms with Gasteiger partial charge in [-0.25, -0.2) is 0 Å². The smallest absolute Gasteiger partial charge is 0.256 e. The number of carbonyl (C=O) groups is 1. The van der Waals surface area contributed by atoms with Gasteiger partial charge in [-0.15, -0.1) is 11.3 Å². The molecule has 0 saturated carbocycles. The van der Waals surface area contributed by atoms with E-state index in [1.54, 1.807) is 11.4 Å². The van der Waals surface area contributed by atoms with Gasteiger partial charge in [0.25, 0.3) is 5.91 Å². The highest BCUT2D eigenvalue weighted by atomic mass is 32.1. The second-order valence-corrected chi connectivity index (χ2v) is 5.56. The fraction of sp³-hybridized carbons (Fsp3) is 0.200. The number of amides is 1. The monoisotopic (exact) mass is 283 g/mol.